The van der Waals surface area contributed by atoms with Crippen LogP contribution in [0, 0.1) is 5.82 Å². The molecule has 2 aliphatic heterocycles. The molecule has 5 heteroatoms. The van der Waals surface area contributed by atoms with Crippen LogP contribution in [-0.2, 0) is 11.3 Å². The number of carbonyl (C=O) groups is 1. The van der Waals surface area contributed by atoms with Crippen molar-refractivity contribution in [1.82, 2.24) is 4.90 Å². The lowest BCUT2D eigenvalue weighted by Gasteiger charge is -2.26. The van der Waals surface area contributed by atoms with Crippen molar-refractivity contribution in [2.24, 2.45) is 0 Å². The van der Waals surface area contributed by atoms with Crippen molar-refractivity contribution in [2.45, 2.75) is 19.4 Å². The maximum absolute atomic E-state index is 13.3. The van der Waals surface area contributed by atoms with Gasteiger partial charge in [0.2, 0.25) is 5.91 Å². The highest BCUT2D eigenvalue weighted by Gasteiger charge is 2.25. The van der Waals surface area contributed by atoms with Crippen LogP contribution in [0.4, 0.5) is 21.5 Å². The molecule has 0 saturated carbocycles. The van der Waals surface area contributed by atoms with Gasteiger partial charge in [0.25, 0.3) is 0 Å². The molecule has 0 unspecified atom stereocenters. The number of halogens is 1. The van der Waals surface area contributed by atoms with Gasteiger partial charge in [-0.25, -0.2) is 4.39 Å². The number of hydrogen-bond acceptors (Lipinski definition) is 3. The molecule has 2 aliphatic rings. The van der Waals surface area contributed by atoms with Crippen molar-refractivity contribution in [1.29, 1.82) is 0 Å². The first-order valence-corrected chi connectivity index (χ1v) is 8.77. The van der Waals surface area contributed by atoms with Gasteiger partial charge in [-0.05, 0) is 61.5 Å². The van der Waals surface area contributed by atoms with Gasteiger partial charge in [0.05, 0.1) is 0 Å². The smallest absolute Gasteiger partial charge is 0.227 e. The lowest BCUT2D eigenvalue weighted by molar-refractivity contribution is -0.117. The third-order valence-corrected chi connectivity index (χ3v) is 5.02. The lowest BCUT2D eigenvalue weighted by atomic mass is 10.1. The van der Waals surface area contributed by atoms with E-state index in [4.69, 9.17) is 0 Å². The van der Waals surface area contributed by atoms with Gasteiger partial charge in [0.1, 0.15) is 5.82 Å². The Hall–Kier alpha value is -2.40. The van der Waals surface area contributed by atoms with E-state index in [2.05, 4.69) is 29.0 Å². The highest BCUT2D eigenvalue weighted by atomic mass is 19.1. The van der Waals surface area contributed by atoms with E-state index < -0.39 is 0 Å². The van der Waals surface area contributed by atoms with Crippen LogP contribution >= 0.6 is 0 Å². The summed E-state index contributed by atoms with van der Waals surface area (Å²) in [5.41, 5.74) is 4.30. The molecule has 2 heterocycles. The van der Waals surface area contributed by atoms with Crippen LogP contribution in [0.1, 0.15) is 18.4 Å². The summed E-state index contributed by atoms with van der Waals surface area (Å²) in [4.78, 5) is 18.5. The van der Waals surface area contributed by atoms with Gasteiger partial charge in [-0.2, -0.15) is 0 Å². The number of anilines is 3. The lowest BCUT2D eigenvalue weighted by Crippen LogP contribution is -2.26. The van der Waals surface area contributed by atoms with Gasteiger partial charge in [0, 0.05) is 49.7 Å². The number of benzene rings is 2. The number of rotatable bonds is 2. The molecular formula is C20H22FN3O. The van der Waals surface area contributed by atoms with Gasteiger partial charge < -0.3 is 14.7 Å². The fourth-order valence-electron chi connectivity index (χ4n) is 3.70. The molecular weight excluding hydrogens is 317 g/mol. The van der Waals surface area contributed by atoms with Crippen LogP contribution in [-0.4, -0.2) is 37.5 Å². The zero-order chi connectivity index (χ0) is 17.4. The first-order valence-electron chi connectivity index (χ1n) is 8.77. The molecule has 2 aromatic rings. The number of nitrogens with zero attached hydrogens (tertiary/aromatic N) is 3. The van der Waals surface area contributed by atoms with Gasteiger partial charge in [-0.3, -0.25) is 4.79 Å². The SMILES string of the molecule is CN1CCN(c2ccc(F)cc2)c2ccc(N3CCCC3=O)cc2C1. The van der Waals surface area contributed by atoms with Crippen LogP contribution in [0.3, 0.4) is 0 Å². The Morgan fingerprint density at radius 1 is 0.920 bits per heavy atom. The highest BCUT2D eigenvalue weighted by Crippen LogP contribution is 2.35. The predicted molar refractivity (Wildman–Crippen MR) is 97.8 cm³/mol. The summed E-state index contributed by atoms with van der Waals surface area (Å²) in [6.45, 7) is 3.40. The molecule has 0 radical (unpaired) electrons. The zero-order valence-corrected chi connectivity index (χ0v) is 14.4. The average Bonchev–Trinajstić information content (AvgIpc) is 2.95. The molecule has 1 amide bonds. The van der Waals surface area contributed by atoms with Gasteiger partial charge in [0.15, 0.2) is 0 Å². The van der Waals surface area contributed by atoms with E-state index >= 15 is 0 Å². The Bertz CT molecular complexity index is 790. The molecule has 1 fully saturated rings. The summed E-state index contributed by atoms with van der Waals surface area (Å²) in [7, 11) is 2.10. The van der Waals surface area contributed by atoms with Crippen molar-refractivity contribution >= 4 is 23.0 Å². The van der Waals surface area contributed by atoms with E-state index in [0.29, 0.717) is 6.42 Å². The van der Waals surface area contributed by atoms with Gasteiger partial charge in [-0.1, -0.05) is 0 Å². The Kier molecular flexibility index (Phi) is 4.17. The van der Waals surface area contributed by atoms with Crippen LogP contribution in [0.25, 0.3) is 0 Å². The van der Waals surface area contributed by atoms with Crippen molar-refractivity contribution < 1.29 is 9.18 Å². The van der Waals surface area contributed by atoms with Crippen LogP contribution in [0.2, 0.25) is 0 Å². The van der Waals surface area contributed by atoms with Crippen LogP contribution < -0.4 is 9.80 Å². The van der Waals surface area contributed by atoms with Crippen molar-refractivity contribution in [3.05, 3.63) is 53.8 Å². The fraction of sp³-hybridized carbons (Fsp3) is 0.350. The molecule has 0 atom stereocenters. The number of amides is 1. The van der Waals surface area contributed by atoms with E-state index in [0.717, 1.165) is 49.7 Å². The van der Waals surface area contributed by atoms with Crippen molar-refractivity contribution in [3.8, 4) is 0 Å². The van der Waals surface area contributed by atoms with Crippen molar-refractivity contribution in [2.75, 3.05) is 36.5 Å². The van der Waals surface area contributed by atoms with Crippen molar-refractivity contribution in [3.63, 3.8) is 0 Å². The number of likely N-dealkylation sites (N-methyl/N-ethyl adjacent to an activating group) is 1. The third kappa shape index (κ3) is 3.12. The molecule has 0 N–H and O–H groups in total. The molecule has 0 bridgehead atoms. The largest absolute Gasteiger partial charge is 0.340 e. The van der Waals surface area contributed by atoms with E-state index in [1.807, 2.05) is 23.1 Å². The minimum Gasteiger partial charge on any atom is -0.340 e. The minimum atomic E-state index is -0.223. The Labute approximate surface area is 147 Å². The molecule has 0 aromatic heterocycles. The zero-order valence-electron chi connectivity index (χ0n) is 14.4. The summed E-state index contributed by atoms with van der Waals surface area (Å²) in [6.07, 6.45) is 1.57. The Morgan fingerprint density at radius 3 is 2.40 bits per heavy atom. The maximum Gasteiger partial charge on any atom is 0.227 e. The molecule has 4 rings (SSSR count). The van der Waals surface area contributed by atoms with Crippen LogP contribution in [0.5, 0.6) is 0 Å². The molecule has 1 saturated heterocycles. The Balaban J connectivity index is 1.73. The minimum absolute atomic E-state index is 0.206. The van der Waals surface area contributed by atoms with E-state index in [9.17, 15) is 9.18 Å². The molecule has 2 aromatic carbocycles. The third-order valence-electron chi connectivity index (χ3n) is 5.02. The summed E-state index contributed by atoms with van der Waals surface area (Å²) >= 11 is 0. The molecule has 25 heavy (non-hydrogen) atoms. The number of hydrogen-bond donors (Lipinski definition) is 0. The topological polar surface area (TPSA) is 26.8 Å². The first kappa shape index (κ1) is 16.1. The summed E-state index contributed by atoms with van der Waals surface area (Å²) in [5.74, 6) is -0.0175. The standard InChI is InChI=1S/C20H22FN3O/c1-22-11-12-23(17-6-4-16(21)5-7-17)19-9-8-18(13-15(19)14-22)24-10-2-3-20(24)25/h4-9,13H,2-3,10-12,14H2,1H3. The monoisotopic (exact) mass is 339 g/mol. The molecule has 4 nitrogen and oxygen atoms in total. The number of carbonyl (C=O) groups excluding carboxylic acids is 1. The second-order valence-corrected chi connectivity index (χ2v) is 6.83. The summed E-state index contributed by atoms with van der Waals surface area (Å²) in [6, 6.07) is 12.9. The highest BCUT2D eigenvalue weighted by molar-refractivity contribution is 5.95. The number of fused-ring (bicyclic) bond motifs is 1. The van der Waals surface area contributed by atoms with E-state index in [1.165, 1.54) is 17.7 Å². The first-order chi connectivity index (χ1) is 12.1. The summed E-state index contributed by atoms with van der Waals surface area (Å²) < 4.78 is 13.3. The molecule has 130 valence electrons. The second-order valence-electron chi connectivity index (χ2n) is 6.83. The average molecular weight is 339 g/mol. The van der Waals surface area contributed by atoms with Gasteiger partial charge in [-0.15, -0.1) is 0 Å². The van der Waals surface area contributed by atoms with E-state index in [-0.39, 0.29) is 11.7 Å². The van der Waals surface area contributed by atoms with E-state index in [1.54, 1.807) is 0 Å². The quantitative estimate of drug-likeness (QED) is 0.837. The van der Waals surface area contributed by atoms with Crippen LogP contribution in [0.15, 0.2) is 42.5 Å². The molecule has 0 aliphatic carbocycles. The second kappa shape index (κ2) is 6.48. The normalized spacial score (nSPS) is 18.4. The Morgan fingerprint density at radius 2 is 1.68 bits per heavy atom. The molecule has 0 spiro atoms. The maximum atomic E-state index is 13.3. The fourth-order valence-corrected chi connectivity index (χ4v) is 3.70. The van der Waals surface area contributed by atoms with Gasteiger partial charge >= 0.3 is 0 Å². The summed E-state index contributed by atoms with van der Waals surface area (Å²) in [5, 5.41) is 0. The predicted octanol–water partition coefficient (Wildman–Crippen LogP) is 3.54.